The van der Waals surface area contributed by atoms with E-state index in [0.717, 1.165) is 12.8 Å². The van der Waals surface area contributed by atoms with E-state index < -0.39 is 23.5 Å². The number of likely N-dealkylation sites (tertiary alicyclic amines) is 1. The molecule has 0 radical (unpaired) electrons. The number of rotatable bonds is 4. The molecule has 1 aliphatic carbocycles. The summed E-state index contributed by atoms with van der Waals surface area (Å²) in [7, 11) is 0. The fraction of sp³-hybridized carbons (Fsp3) is 0.400. The van der Waals surface area contributed by atoms with Crippen molar-refractivity contribution in [3.8, 4) is 0 Å². The summed E-state index contributed by atoms with van der Waals surface area (Å²) in [6.45, 7) is 0.765. The molecule has 7 nitrogen and oxygen atoms in total. The first-order valence-electron chi connectivity index (χ1n) is 11.4. The Morgan fingerprint density at radius 2 is 1.71 bits per heavy atom. The van der Waals surface area contributed by atoms with Gasteiger partial charge < -0.3 is 15.0 Å². The fourth-order valence-electron chi connectivity index (χ4n) is 4.69. The molecule has 2 aromatic carbocycles. The molecule has 1 unspecified atom stereocenters. The summed E-state index contributed by atoms with van der Waals surface area (Å²) in [6, 6.07) is 11.5. The molecular weight excluding hydrogens is 461 g/mol. The minimum absolute atomic E-state index is 0.0603. The van der Waals surface area contributed by atoms with E-state index in [-0.39, 0.29) is 30.0 Å². The van der Waals surface area contributed by atoms with Crippen LogP contribution in [0.5, 0.6) is 0 Å². The van der Waals surface area contributed by atoms with Crippen molar-refractivity contribution >= 4 is 29.3 Å². The number of halogens is 2. The highest BCUT2D eigenvalue weighted by Gasteiger charge is 2.54. The smallest absolute Gasteiger partial charge is 0.256 e. The summed E-state index contributed by atoms with van der Waals surface area (Å²) in [5.74, 6) is -1.37. The summed E-state index contributed by atoms with van der Waals surface area (Å²) in [5.41, 5.74) is -0.345. The molecule has 2 aliphatic heterocycles. The number of piperidine rings is 1. The van der Waals surface area contributed by atoms with E-state index in [2.05, 4.69) is 5.32 Å². The van der Waals surface area contributed by atoms with Crippen molar-refractivity contribution in [3.63, 3.8) is 0 Å². The number of amides is 3. The number of hydrogen-bond donors (Lipinski definition) is 1. The quantitative estimate of drug-likeness (QED) is 0.721. The minimum atomic E-state index is -1.04. The first-order chi connectivity index (χ1) is 16.4. The van der Waals surface area contributed by atoms with E-state index in [1.807, 2.05) is 0 Å². The number of nitrogens with one attached hydrogen (secondary N) is 1. The van der Waals surface area contributed by atoms with Crippen molar-refractivity contribution in [2.75, 3.05) is 19.7 Å². The number of ether oxygens (including phenoxy) is 1. The van der Waals surface area contributed by atoms with Crippen LogP contribution in [0.25, 0.3) is 0 Å². The molecule has 2 saturated heterocycles. The average molecular weight is 486 g/mol. The Morgan fingerprint density at radius 1 is 1.00 bits per heavy atom. The molecule has 2 heterocycles. The molecule has 1 N–H and O–H groups in total. The van der Waals surface area contributed by atoms with Crippen LogP contribution in [0.15, 0.2) is 48.5 Å². The van der Waals surface area contributed by atoms with Gasteiger partial charge >= 0.3 is 0 Å². The molecule has 34 heavy (non-hydrogen) atoms. The predicted octanol–water partition coefficient (Wildman–Crippen LogP) is 3.23. The van der Waals surface area contributed by atoms with Gasteiger partial charge in [-0.25, -0.2) is 4.39 Å². The molecule has 3 amide bonds. The lowest BCUT2D eigenvalue weighted by Crippen LogP contribution is -2.60. The Balaban J connectivity index is 1.37. The third kappa shape index (κ3) is 4.40. The summed E-state index contributed by atoms with van der Waals surface area (Å²) < 4.78 is 20.0. The molecule has 1 spiro atoms. The SMILES string of the molecule is O=C(NC1CC1)C1COC2(CCN(C(=O)c3ccc(Cl)cc3)CC2)N1C(=O)c1cccc(F)c1. The first kappa shape index (κ1) is 22.8. The van der Waals surface area contributed by atoms with Crippen LogP contribution in [-0.4, -0.2) is 65.0 Å². The second kappa shape index (κ2) is 9.00. The van der Waals surface area contributed by atoms with Crippen molar-refractivity contribution in [2.45, 2.75) is 43.5 Å². The molecule has 3 aliphatic rings. The van der Waals surface area contributed by atoms with Gasteiger partial charge in [-0.3, -0.25) is 19.3 Å². The second-order valence-corrected chi connectivity index (χ2v) is 9.48. The zero-order valence-electron chi connectivity index (χ0n) is 18.5. The molecule has 9 heteroatoms. The van der Waals surface area contributed by atoms with Crippen LogP contribution < -0.4 is 5.32 Å². The van der Waals surface area contributed by atoms with Gasteiger partial charge in [-0.15, -0.1) is 0 Å². The lowest BCUT2D eigenvalue weighted by molar-refractivity contribution is -0.128. The Labute approximate surface area is 201 Å². The third-order valence-electron chi connectivity index (χ3n) is 6.70. The van der Waals surface area contributed by atoms with Crippen LogP contribution >= 0.6 is 11.6 Å². The maximum absolute atomic E-state index is 13.9. The van der Waals surface area contributed by atoms with Crippen LogP contribution in [0.2, 0.25) is 5.02 Å². The molecule has 1 atom stereocenters. The highest BCUT2D eigenvalue weighted by molar-refractivity contribution is 6.30. The van der Waals surface area contributed by atoms with Gasteiger partial charge in [-0.2, -0.15) is 0 Å². The van der Waals surface area contributed by atoms with Crippen molar-refractivity contribution in [1.29, 1.82) is 0 Å². The molecule has 0 bridgehead atoms. The fourth-order valence-corrected chi connectivity index (χ4v) is 4.81. The first-order valence-corrected chi connectivity index (χ1v) is 11.8. The largest absolute Gasteiger partial charge is 0.353 e. The van der Waals surface area contributed by atoms with Gasteiger partial charge in [0.15, 0.2) is 0 Å². The lowest BCUT2D eigenvalue weighted by atomic mass is 9.96. The van der Waals surface area contributed by atoms with Gasteiger partial charge in [-0.05, 0) is 55.3 Å². The Hall–Kier alpha value is -2.97. The van der Waals surface area contributed by atoms with Crippen molar-refractivity contribution < 1.29 is 23.5 Å². The van der Waals surface area contributed by atoms with E-state index in [4.69, 9.17) is 16.3 Å². The van der Waals surface area contributed by atoms with E-state index >= 15 is 0 Å². The van der Waals surface area contributed by atoms with Crippen LogP contribution in [0.4, 0.5) is 4.39 Å². The molecular formula is C25H25ClFN3O4. The summed E-state index contributed by atoms with van der Waals surface area (Å²) >= 11 is 5.93. The number of carbonyl (C=O) groups excluding carboxylic acids is 3. The molecule has 3 fully saturated rings. The summed E-state index contributed by atoms with van der Waals surface area (Å²) in [4.78, 5) is 42.7. The van der Waals surface area contributed by atoms with E-state index in [9.17, 15) is 18.8 Å². The maximum Gasteiger partial charge on any atom is 0.256 e. The number of hydrogen-bond acceptors (Lipinski definition) is 4. The standard InChI is InChI=1S/C25H25ClFN3O4/c26-18-6-4-16(5-7-18)23(32)29-12-10-25(11-13-29)30(24(33)17-2-1-3-19(27)14-17)21(15-34-25)22(31)28-20-8-9-20/h1-7,14,20-21H,8-13,15H2,(H,28,31). The topological polar surface area (TPSA) is 79.0 Å². The van der Waals surface area contributed by atoms with Gasteiger partial charge in [0.25, 0.3) is 11.8 Å². The average Bonchev–Trinajstić information content (AvgIpc) is 3.58. The van der Waals surface area contributed by atoms with Crippen molar-refractivity contribution in [2.24, 2.45) is 0 Å². The van der Waals surface area contributed by atoms with E-state index in [1.54, 1.807) is 29.2 Å². The van der Waals surface area contributed by atoms with Gasteiger partial charge in [0, 0.05) is 48.1 Å². The van der Waals surface area contributed by atoms with Crippen molar-refractivity contribution in [1.82, 2.24) is 15.1 Å². The summed E-state index contributed by atoms with van der Waals surface area (Å²) in [5, 5.41) is 3.51. The maximum atomic E-state index is 13.9. The molecule has 2 aromatic rings. The van der Waals surface area contributed by atoms with Crippen molar-refractivity contribution in [3.05, 3.63) is 70.5 Å². The minimum Gasteiger partial charge on any atom is -0.353 e. The van der Waals surface area contributed by atoms with Crippen LogP contribution in [0, 0.1) is 5.82 Å². The lowest BCUT2D eigenvalue weighted by Gasteiger charge is -2.44. The van der Waals surface area contributed by atoms with Gasteiger partial charge in [0.2, 0.25) is 5.91 Å². The van der Waals surface area contributed by atoms with E-state index in [0.29, 0.717) is 36.5 Å². The highest BCUT2D eigenvalue weighted by Crippen LogP contribution is 2.39. The van der Waals surface area contributed by atoms with Gasteiger partial charge in [0.05, 0.1) is 6.61 Å². The normalized spacial score (nSPS) is 21.5. The van der Waals surface area contributed by atoms with Crippen LogP contribution in [0.1, 0.15) is 46.4 Å². The number of benzene rings is 2. The Morgan fingerprint density at radius 3 is 2.35 bits per heavy atom. The molecule has 0 aromatic heterocycles. The number of nitrogens with zero attached hydrogens (tertiary/aromatic N) is 2. The summed E-state index contributed by atoms with van der Waals surface area (Å²) in [6.07, 6.45) is 2.54. The highest BCUT2D eigenvalue weighted by atomic mass is 35.5. The van der Waals surface area contributed by atoms with Crippen LogP contribution in [0.3, 0.4) is 0 Å². The Kier molecular flexibility index (Phi) is 6.04. The zero-order chi connectivity index (χ0) is 23.9. The monoisotopic (exact) mass is 485 g/mol. The molecule has 178 valence electrons. The van der Waals surface area contributed by atoms with E-state index in [1.165, 1.54) is 29.2 Å². The van der Waals surface area contributed by atoms with Gasteiger partial charge in [0.1, 0.15) is 17.6 Å². The molecule has 5 rings (SSSR count). The molecule has 1 saturated carbocycles. The van der Waals surface area contributed by atoms with Crippen LogP contribution in [-0.2, 0) is 9.53 Å². The number of carbonyl (C=O) groups is 3. The zero-order valence-corrected chi connectivity index (χ0v) is 19.3. The predicted molar refractivity (Wildman–Crippen MR) is 123 cm³/mol. The Bertz CT molecular complexity index is 1110. The third-order valence-corrected chi connectivity index (χ3v) is 6.95. The van der Waals surface area contributed by atoms with Gasteiger partial charge in [-0.1, -0.05) is 17.7 Å². The second-order valence-electron chi connectivity index (χ2n) is 9.04.